The maximum Gasteiger partial charge on any atom is 0.110 e. The minimum Gasteiger partial charge on any atom is -0.385 e. The van der Waals surface area contributed by atoms with Gasteiger partial charge in [-0.15, -0.1) is 0 Å². The first-order valence-corrected chi connectivity index (χ1v) is 3.30. The Morgan fingerprint density at radius 2 is 2.20 bits per heavy atom. The molecule has 0 heterocycles. The summed E-state index contributed by atoms with van der Waals surface area (Å²) in [6, 6.07) is 0. The summed E-state index contributed by atoms with van der Waals surface area (Å²) in [4.78, 5) is 0. The topological polar surface area (TPSA) is 40.5 Å². The fourth-order valence-electron chi connectivity index (χ4n) is 1.04. The Balaban J connectivity index is 2.89. The summed E-state index contributed by atoms with van der Waals surface area (Å²) in [7, 11) is 0. The zero-order valence-corrected chi connectivity index (χ0v) is 6.20. The van der Waals surface area contributed by atoms with Crippen LogP contribution in [0, 0.1) is 0 Å². The van der Waals surface area contributed by atoms with Crippen molar-refractivity contribution >= 4 is 0 Å². The van der Waals surface area contributed by atoms with Gasteiger partial charge >= 0.3 is 0 Å². The van der Waals surface area contributed by atoms with Crippen molar-refractivity contribution in [3.8, 4) is 0 Å². The smallest absolute Gasteiger partial charge is 0.110 e. The highest BCUT2D eigenvalue weighted by molar-refractivity contribution is 5.27. The van der Waals surface area contributed by atoms with Crippen LogP contribution in [0.2, 0.25) is 0 Å². The van der Waals surface area contributed by atoms with Crippen molar-refractivity contribution in [2.75, 3.05) is 0 Å². The van der Waals surface area contributed by atoms with Gasteiger partial charge in [0, 0.05) is 0 Å². The van der Waals surface area contributed by atoms with Gasteiger partial charge in [0.2, 0.25) is 0 Å². The van der Waals surface area contributed by atoms with E-state index in [1.165, 1.54) is 0 Å². The Bertz CT molecular complexity index is 189. The van der Waals surface area contributed by atoms with E-state index in [0.29, 0.717) is 0 Å². The number of hydrogen-bond acceptors (Lipinski definition) is 2. The predicted octanol–water partition coefficient (Wildman–Crippen LogP) is 0.614. The normalized spacial score (nSPS) is 39.6. The molecule has 0 aromatic heterocycles. The van der Waals surface area contributed by atoms with Crippen molar-refractivity contribution in [2.45, 2.75) is 25.6 Å². The van der Waals surface area contributed by atoms with Gasteiger partial charge in [-0.1, -0.05) is 18.2 Å². The highest BCUT2D eigenvalue weighted by Crippen LogP contribution is 2.22. The third-order valence-electron chi connectivity index (χ3n) is 1.78. The van der Waals surface area contributed by atoms with E-state index in [9.17, 15) is 10.2 Å². The Morgan fingerprint density at radius 3 is 2.60 bits per heavy atom. The van der Waals surface area contributed by atoms with Crippen LogP contribution in [0.5, 0.6) is 0 Å². The van der Waals surface area contributed by atoms with E-state index >= 15 is 0 Å². The van der Waals surface area contributed by atoms with E-state index in [1.54, 1.807) is 32.1 Å². The van der Waals surface area contributed by atoms with Crippen molar-refractivity contribution in [3.05, 3.63) is 23.8 Å². The second-order valence-electron chi connectivity index (χ2n) is 2.90. The molecular weight excluding hydrogens is 128 g/mol. The van der Waals surface area contributed by atoms with Gasteiger partial charge in [0.15, 0.2) is 0 Å². The van der Waals surface area contributed by atoms with Crippen LogP contribution in [-0.2, 0) is 0 Å². The minimum atomic E-state index is -1.08. The Hall–Kier alpha value is -0.600. The van der Waals surface area contributed by atoms with Gasteiger partial charge in [-0.2, -0.15) is 0 Å². The van der Waals surface area contributed by atoms with Crippen LogP contribution in [-0.4, -0.2) is 21.9 Å². The van der Waals surface area contributed by atoms with Gasteiger partial charge in [-0.25, -0.2) is 0 Å². The predicted molar refractivity (Wildman–Crippen MR) is 39.5 cm³/mol. The summed E-state index contributed by atoms with van der Waals surface area (Å²) in [6.45, 7) is 3.38. The number of allylic oxidation sites excluding steroid dienone is 2. The monoisotopic (exact) mass is 140 g/mol. The molecule has 10 heavy (non-hydrogen) atoms. The SMILES string of the molecule is CC1=CC=C[C@@](C)(O)[C@H]1O. The van der Waals surface area contributed by atoms with Crippen LogP contribution >= 0.6 is 0 Å². The summed E-state index contributed by atoms with van der Waals surface area (Å²) >= 11 is 0. The highest BCUT2D eigenvalue weighted by Gasteiger charge is 2.29. The highest BCUT2D eigenvalue weighted by atomic mass is 16.3. The molecule has 1 rings (SSSR count). The van der Waals surface area contributed by atoms with Crippen LogP contribution in [0.4, 0.5) is 0 Å². The molecular formula is C8H12O2. The molecule has 0 fully saturated rings. The maximum absolute atomic E-state index is 9.44. The molecule has 2 heteroatoms. The first-order valence-electron chi connectivity index (χ1n) is 3.30. The molecule has 2 atom stereocenters. The molecule has 2 N–H and O–H groups in total. The van der Waals surface area contributed by atoms with Gasteiger partial charge < -0.3 is 10.2 Å². The lowest BCUT2D eigenvalue weighted by Gasteiger charge is -2.28. The summed E-state index contributed by atoms with van der Waals surface area (Å²) in [5.41, 5.74) is -0.286. The molecule has 0 aliphatic heterocycles. The van der Waals surface area contributed by atoms with Gasteiger partial charge in [-0.3, -0.25) is 0 Å². The average molecular weight is 140 g/mol. The number of rotatable bonds is 0. The molecule has 2 nitrogen and oxygen atoms in total. The van der Waals surface area contributed by atoms with Crippen LogP contribution in [0.3, 0.4) is 0 Å². The summed E-state index contributed by atoms with van der Waals surface area (Å²) < 4.78 is 0. The van der Waals surface area contributed by atoms with E-state index in [0.717, 1.165) is 5.57 Å². The van der Waals surface area contributed by atoms with Crippen LogP contribution in [0.25, 0.3) is 0 Å². The van der Waals surface area contributed by atoms with Gasteiger partial charge in [0.05, 0.1) is 0 Å². The van der Waals surface area contributed by atoms with Crippen molar-refractivity contribution in [2.24, 2.45) is 0 Å². The second-order valence-corrected chi connectivity index (χ2v) is 2.90. The van der Waals surface area contributed by atoms with Crippen molar-refractivity contribution in [3.63, 3.8) is 0 Å². The lowest BCUT2D eigenvalue weighted by atomic mass is 9.89. The molecule has 0 unspecified atom stereocenters. The van der Waals surface area contributed by atoms with E-state index < -0.39 is 11.7 Å². The minimum absolute atomic E-state index is 0.752. The molecule has 0 radical (unpaired) electrons. The van der Waals surface area contributed by atoms with Crippen molar-refractivity contribution in [1.29, 1.82) is 0 Å². The molecule has 0 aromatic carbocycles. The number of aliphatic hydroxyl groups excluding tert-OH is 1. The van der Waals surface area contributed by atoms with Crippen molar-refractivity contribution in [1.82, 2.24) is 0 Å². The second kappa shape index (κ2) is 2.22. The quantitative estimate of drug-likeness (QED) is 0.517. The van der Waals surface area contributed by atoms with E-state index in [1.807, 2.05) is 0 Å². The Kier molecular flexibility index (Phi) is 1.67. The molecule has 1 aliphatic rings. The van der Waals surface area contributed by atoms with Crippen molar-refractivity contribution < 1.29 is 10.2 Å². The third kappa shape index (κ3) is 1.13. The first-order chi connectivity index (χ1) is 4.54. The summed E-state index contributed by atoms with van der Waals surface area (Å²) in [5.74, 6) is 0. The number of hydrogen-bond donors (Lipinski definition) is 2. The lowest BCUT2D eigenvalue weighted by Crippen LogP contribution is -2.39. The summed E-state index contributed by atoms with van der Waals surface area (Å²) in [6.07, 6.45) is 4.38. The fraction of sp³-hybridized carbons (Fsp3) is 0.500. The summed E-state index contributed by atoms with van der Waals surface area (Å²) in [5, 5.41) is 18.8. The average Bonchev–Trinajstić information content (AvgIpc) is 1.83. The molecule has 0 saturated heterocycles. The van der Waals surface area contributed by atoms with E-state index in [-0.39, 0.29) is 0 Å². The molecule has 1 aliphatic carbocycles. The van der Waals surface area contributed by atoms with Crippen LogP contribution in [0.15, 0.2) is 23.8 Å². The largest absolute Gasteiger partial charge is 0.385 e. The lowest BCUT2D eigenvalue weighted by molar-refractivity contribution is -0.00706. The Labute approximate surface area is 60.5 Å². The zero-order valence-electron chi connectivity index (χ0n) is 6.20. The van der Waals surface area contributed by atoms with Crippen LogP contribution < -0.4 is 0 Å². The van der Waals surface area contributed by atoms with E-state index in [4.69, 9.17) is 0 Å². The molecule has 0 bridgehead atoms. The Morgan fingerprint density at radius 1 is 1.60 bits per heavy atom. The van der Waals surface area contributed by atoms with Gasteiger partial charge in [-0.05, 0) is 19.4 Å². The first kappa shape index (κ1) is 7.51. The van der Waals surface area contributed by atoms with Gasteiger partial charge in [0.1, 0.15) is 11.7 Å². The standard InChI is InChI=1S/C8H12O2/c1-6-4-3-5-8(2,10)7(6)9/h3-5,7,9-10H,1-2H3/t7-,8+/m0/s1. The molecule has 0 amide bonds. The molecule has 0 aromatic rings. The zero-order chi connectivity index (χ0) is 7.78. The van der Waals surface area contributed by atoms with E-state index in [2.05, 4.69) is 0 Å². The maximum atomic E-state index is 9.44. The molecule has 0 spiro atoms. The fourth-order valence-corrected chi connectivity index (χ4v) is 1.04. The van der Waals surface area contributed by atoms with Gasteiger partial charge in [0.25, 0.3) is 0 Å². The third-order valence-corrected chi connectivity index (χ3v) is 1.78. The molecule has 0 saturated carbocycles. The molecule has 56 valence electrons. The van der Waals surface area contributed by atoms with Crippen LogP contribution in [0.1, 0.15) is 13.8 Å². The number of aliphatic hydroxyl groups is 2.